The van der Waals surface area contributed by atoms with E-state index < -0.39 is 0 Å². The van der Waals surface area contributed by atoms with Gasteiger partial charge in [0.05, 0.1) is 6.61 Å². The van der Waals surface area contributed by atoms with Crippen molar-refractivity contribution in [3.05, 3.63) is 29.3 Å². The number of nitrogens with zero attached hydrogens (tertiary/aromatic N) is 1. The third-order valence-electron chi connectivity index (χ3n) is 2.71. The molecule has 0 aromatic heterocycles. The van der Waals surface area contributed by atoms with Crippen LogP contribution in [-0.2, 0) is 0 Å². The van der Waals surface area contributed by atoms with Crippen LogP contribution in [0.15, 0.2) is 18.2 Å². The number of rotatable bonds is 4. The lowest BCUT2D eigenvalue weighted by Crippen LogP contribution is -2.39. The van der Waals surface area contributed by atoms with Gasteiger partial charge >= 0.3 is 0 Å². The second kappa shape index (κ2) is 5.68. The van der Waals surface area contributed by atoms with Crippen LogP contribution in [0.5, 0.6) is 0 Å². The van der Waals surface area contributed by atoms with Crippen LogP contribution in [0, 0.1) is 6.92 Å². The minimum Gasteiger partial charge on any atom is -0.399 e. The van der Waals surface area contributed by atoms with E-state index in [4.69, 9.17) is 10.8 Å². The Morgan fingerprint density at radius 3 is 2.59 bits per heavy atom. The summed E-state index contributed by atoms with van der Waals surface area (Å²) in [5.41, 5.74) is 7.81. The highest BCUT2D eigenvalue weighted by atomic mass is 16.3. The lowest BCUT2D eigenvalue weighted by atomic mass is 10.1. The topological polar surface area (TPSA) is 66.6 Å². The summed E-state index contributed by atoms with van der Waals surface area (Å²) in [5.74, 6) is -0.0634. The molecule has 0 radical (unpaired) electrons. The van der Waals surface area contributed by atoms with E-state index in [-0.39, 0.29) is 18.6 Å². The molecule has 1 amide bonds. The van der Waals surface area contributed by atoms with Crippen molar-refractivity contribution >= 4 is 11.6 Å². The Kier molecular flexibility index (Phi) is 4.52. The second-order valence-electron chi connectivity index (χ2n) is 4.39. The average molecular weight is 236 g/mol. The molecular weight excluding hydrogens is 216 g/mol. The molecule has 0 saturated carbocycles. The largest absolute Gasteiger partial charge is 0.399 e. The molecule has 0 heterocycles. The molecule has 0 spiro atoms. The smallest absolute Gasteiger partial charge is 0.254 e. The maximum absolute atomic E-state index is 12.3. The first kappa shape index (κ1) is 13.5. The third-order valence-corrected chi connectivity index (χ3v) is 2.71. The molecule has 0 saturated heterocycles. The first-order chi connectivity index (χ1) is 7.97. The predicted octanol–water partition coefficient (Wildman–Crippen LogP) is 1.42. The summed E-state index contributed by atoms with van der Waals surface area (Å²) in [6.07, 6.45) is 0. The Hall–Kier alpha value is -1.55. The second-order valence-corrected chi connectivity index (χ2v) is 4.39. The Balaban J connectivity index is 3.01. The van der Waals surface area contributed by atoms with Crippen LogP contribution in [0.4, 0.5) is 5.69 Å². The lowest BCUT2D eigenvalue weighted by molar-refractivity contribution is 0.0664. The molecule has 0 aliphatic heterocycles. The van der Waals surface area contributed by atoms with Crippen molar-refractivity contribution in [1.29, 1.82) is 0 Å². The summed E-state index contributed by atoms with van der Waals surface area (Å²) in [4.78, 5) is 13.9. The molecule has 1 rings (SSSR count). The van der Waals surface area contributed by atoms with E-state index in [9.17, 15) is 4.79 Å². The van der Waals surface area contributed by atoms with Crippen molar-refractivity contribution in [3.63, 3.8) is 0 Å². The molecule has 4 nitrogen and oxygen atoms in total. The van der Waals surface area contributed by atoms with Gasteiger partial charge in [0.1, 0.15) is 0 Å². The van der Waals surface area contributed by atoms with Crippen molar-refractivity contribution in [2.75, 3.05) is 18.9 Å². The zero-order valence-corrected chi connectivity index (χ0v) is 10.6. The van der Waals surface area contributed by atoms with Gasteiger partial charge in [0.2, 0.25) is 0 Å². The van der Waals surface area contributed by atoms with Gasteiger partial charge in [-0.2, -0.15) is 0 Å². The van der Waals surface area contributed by atoms with Crippen molar-refractivity contribution in [2.45, 2.75) is 26.8 Å². The predicted molar refractivity (Wildman–Crippen MR) is 68.8 cm³/mol. The van der Waals surface area contributed by atoms with E-state index in [0.717, 1.165) is 5.56 Å². The van der Waals surface area contributed by atoms with Crippen LogP contribution in [-0.4, -0.2) is 35.1 Å². The molecule has 0 aliphatic rings. The number of nitrogens with two attached hydrogens (primary N) is 1. The number of benzene rings is 1. The monoisotopic (exact) mass is 236 g/mol. The fraction of sp³-hybridized carbons (Fsp3) is 0.462. The summed E-state index contributed by atoms with van der Waals surface area (Å²) in [7, 11) is 0. The van der Waals surface area contributed by atoms with E-state index in [1.807, 2.05) is 20.8 Å². The first-order valence-corrected chi connectivity index (χ1v) is 5.75. The highest BCUT2D eigenvalue weighted by Crippen LogP contribution is 2.16. The van der Waals surface area contributed by atoms with Crippen LogP contribution >= 0.6 is 0 Å². The van der Waals surface area contributed by atoms with Gasteiger partial charge in [0.25, 0.3) is 5.91 Å². The van der Waals surface area contributed by atoms with Crippen molar-refractivity contribution in [3.8, 4) is 0 Å². The van der Waals surface area contributed by atoms with E-state index in [1.54, 1.807) is 23.1 Å². The maximum Gasteiger partial charge on any atom is 0.254 e. The van der Waals surface area contributed by atoms with E-state index in [1.165, 1.54) is 0 Å². The highest BCUT2D eigenvalue weighted by molar-refractivity contribution is 5.96. The van der Waals surface area contributed by atoms with E-state index in [2.05, 4.69) is 0 Å². The number of nitrogen functional groups attached to an aromatic ring is 1. The number of amides is 1. The Morgan fingerprint density at radius 2 is 2.12 bits per heavy atom. The van der Waals surface area contributed by atoms with Gasteiger partial charge in [-0.25, -0.2) is 0 Å². The summed E-state index contributed by atoms with van der Waals surface area (Å²) < 4.78 is 0. The Bertz CT molecular complexity index is 402. The first-order valence-electron chi connectivity index (χ1n) is 5.75. The van der Waals surface area contributed by atoms with E-state index >= 15 is 0 Å². The molecule has 0 bridgehead atoms. The van der Waals surface area contributed by atoms with Crippen LogP contribution < -0.4 is 5.73 Å². The molecule has 1 aromatic rings. The normalized spacial score (nSPS) is 10.6. The van der Waals surface area contributed by atoms with Gasteiger partial charge in [0.15, 0.2) is 0 Å². The number of hydrogen-bond acceptors (Lipinski definition) is 3. The number of anilines is 1. The molecule has 0 unspecified atom stereocenters. The zero-order valence-electron chi connectivity index (χ0n) is 10.6. The van der Waals surface area contributed by atoms with Gasteiger partial charge < -0.3 is 15.7 Å². The summed E-state index contributed by atoms with van der Waals surface area (Å²) in [6.45, 7) is 6.04. The van der Waals surface area contributed by atoms with Crippen molar-refractivity contribution < 1.29 is 9.90 Å². The standard InChI is InChI=1S/C13H20N2O2/c1-9(2)15(6-7-16)13(17)12-5-4-11(14)8-10(12)3/h4-5,8-9,16H,6-7,14H2,1-3H3. The maximum atomic E-state index is 12.3. The fourth-order valence-corrected chi connectivity index (χ4v) is 1.78. The van der Waals surface area contributed by atoms with Crippen molar-refractivity contribution in [2.24, 2.45) is 0 Å². The summed E-state index contributed by atoms with van der Waals surface area (Å²) >= 11 is 0. The van der Waals surface area contributed by atoms with Crippen LogP contribution in [0.3, 0.4) is 0 Å². The molecule has 17 heavy (non-hydrogen) atoms. The fourth-order valence-electron chi connectivity index (χ4n) is 1.78. The van der Waals surface area contributed by atoms with Gasteiger partial charge in [-0.1, -0.05) is 0 Å². The summed E-state index contributed by atoms with van der Waals surface area (Å²) in [6, 6.07) is 5.30. The van der Waals surface area contributed by atoms with E-state index in [0.29, 0.717) is 17.8 Å². The molecule has 0 atom stereocenters. The number of aryl methyl sites for hydroxylation is 1. The molecule has 3 N–H and O–H groups in total. The number of aliphatic hydroxyl groups is 1. The minimum absolute atomic E-state index is 0.0298. The molecular formula is C13H20N2O2. The SMILES string of the molecule is Cc1cc(N)ccc1C(=O)N(CCO)C(C)C. The van der Waals surface area contributed by atoms with Crippen LogP contribution in [0.2, 0.25) is 0 Å². The number of carbonyl (C=O) groups is 1. The molecule has 4 heteroatoms. The molecule has 1 aromatic carbocycles. The zero-order chi connectivity index (χ0) is 13.0. The van der Waals surface area contributed by atoms with Crippen molar-refractivity contribution in [1.82, 2.24) is 4.90 Å². The van der Waals surface area contributed by atoms with Gasteiger partial charge in [-0.3, -0.25) is 4.79 Å². The average Bonchev–Trinajstić information content (AvgIpc) is 2.24. The third kappa shape index (κ3) is 3.20. The quantitative estimate of drug-likeness (QED) is 0.777. The lowest BCUT2D eigenvalue weighted by Gasteiger charge is -2.26. The van der Waals surface area contributed by atoms with Gasteiger partial charge in [-0.15, -0.1) is 0 Å². The molecule has 94 valence electrons. The van der Waals surface area contributed by atoms with Crippen LogP contribution in [0.1, 0.15) is 29.8 Å². The highest BCUT2D eigenvalue weighted by Gasteiger charge is 2.19. The number of carbonyl (C=O) groups excluding carboxylic acids is 1. The van der Waals surface area contributed by atoms with Gasteiger partial charge in [-0.05, 0) is 44.5 Å². The Labute approximate surface area is 102 Å². The number of hydrogen-bond donors (Lipinski definition) is 2. The molecule has 0 aliphatic carbocycles. The number of aliphatic hydroxyl groups excluding tert-OH is 1. The van der Waals surface area contributed by atoms with Crippen LogP contribution in [0.25, 0.3) is 0 Å². The Morgan fingerprint density at radius 1 is 1.47 bits per heavy atom. The molecule has 0 fully saturated rings. The minimum atomic E-state index is -0.0634. The van der Waals surface area contributed by atoms with Gasteiger partial charge in [0, 0.05) is 23.8 Å². The summed E-state index contributed by atoms with van der Waals surface area (Å²) in [5, 5.41) is 8.98.